The molecule has 174 valence electrons. The number of carbonyl (C=O) groups is 3. The maximum Gasteiger partial charge on any atom is 0.256 e. The fraction of sp³-hybridized carbons (Fsp3) is 0.250. The number of nitrogens with two attached hydrogens (primary N) is 1. The van der Waals surface area contributed by atoms with Gasteiger partial charge < -0.3 is 11.1 Å². The summed E-state index contributed by atoms with van der Waals surface area (Å²) in [6.45, 7) is 5.36. The maximum atomic E-state index is 13.2. The number of nitrogens with one attached hydrogen (secondary N) is 1. The van der Waals surface area contributed by atoms with Crippen LogP contribution in [0.3, 0.4) is 0 Å². The number of likely N-dealkylation sites (tertiary alicyclic amines) is 1. The van der Waals surface area contributed by atoms with Crippen LogP contribution >= 0.6 is 0 Å². The number of amides is 2. The lowest BCUT2D eigenvalue weighted by Crippen LogP contribution is -2.39. The van der Waals surface area contributed by atoms with Crippen molar-refractivity contribution in [1.82, 2.24) is 4.90 Å². The number of rotatable bonds is 7. The van der Waals surface area contributed by atoms with Gasteiger partial charge in [-0.15, -0.1) is 0 Å². The zero-order chi connectivity index (χ0) is 24.2. The number of nitrogens with zero attached hydrogens (tertiary/aromatic N) is 1. The quantitative estimate of drug-likeness (QED) is 0.521. The molecular formula is C28H29N3O3. The van der Waals surface area contributed by atoms with Crippen molar-refractivity contribution in [1.29, 1.82) is 0 Å². The molecule has 6 nitrogen and oxygen atoms in total. The fourth-order valence-electron chi connectivity index (χ4n) is 4.44. The van der Waals surface area contributed by atoms with E-state index in [1.54, 1.807) is 30.3 Å². The third-order valence-electron chi connectivity index (χ3n) is 6.45. The lowest BCUT2D eigenvalue weighted by Gasteiger charge is -2.22. The van der Waals surface area contributed by atoms with E-state index in [2.05, 4.69) is 10.2 Å². The van der Waals surface area contributed by atoms with Gasteiger partial charge in [0.1, 0.15) is 0 Å². The highest BCUT2D eigenvalue weighted by molar-refractivity contribution is 6.17. The number of hydrogen-bond acceptors (Lipinski definition) is 4. The Labute approximate surface area is 199 Å². The first kappa shape index (κ1) is 23.4. The number of aryl methyl sites for hydroxylation is 2. The predicted octanol–water partition coefficient (Wildman–Crippen LogP) is 4.24. The third-order valence-corrected chi connectivity index (χ3v) is 6.45. The molecule has 3 N–H and O–H groups in total. The Balaban J connectivity index is 1.53. The van der Waals surface area contributed by atoms with Gasteiger partial charge in [0.05, 0.1) is 11.6 Å². The molecule has 1 aliphatic heterocycles. The molecule has 3 aromatic carbocycles. The molecule has 34 heavy (non-hydrogen) atoms. The van der Waals surface area contributed by atoms with Crippen LogP contribution in [0.25, 0.3) is 0 Å². The molecule has 6 heteroatoms. The van der Waals surface area contributed by atoms with Crippen LogP contribution < -0.4 is 11.1 Å². The molecule has 2 amide bonds. The second-order valence-corrected chi connectivity index (χ2v) is 8.86. The van der Waals surface area contributed by atoms with Crippen LogP contribution in [0.15, 0.2) is 66.7 Å². The van der Waals surface area contributed by atoms with Crippen LogP contribution in [0, 0.1) is 13.8 Å². The number of ketones is 1. The first-order valence-electron chi connectivity index (χ1n) is 11.5. The van der Waals surface area contributed by atoms with Crippen LogP contribution in [0.2, 0.25) is 0 Å². The van der Waals surface area contributed by atoms with E-state index in [9.17, 15) is 14.4 Å². The molecule has 0 radical (unpaired) electrons. The van der Waals surface area contributed by atoms with Gasteiger partial charge in [0.2, 0.25) is 5.91 Å². The highest BCUT2D eigenvalue weighted by Crippen LogP contribution is 2.22. The van der Waals surface area contributed by atoms with Crippen molar-refractivity contribution in [3.63, 3.8) is 0 Å². The summed E-state index contributed by atoms with van der Waals surface area (Å²) in [4.78, 5) is 40.1. The van der Waals surface area contributed by atoms with Gasteiger partial charge >= 0.3 is 0 Å². The Morgan fingerprint density at radius 1 is 0.941 bits per heavy atom. The normalized spacial score (nSPS) is 15.8. The van der Waals surface area contributed by atoms with Crippen LogP contribution in [0.1, 0.15) is 55.8 Å². The number of primary amides is 1. The Morgan fingerprint density at radius 2 is 1.71 bits per heavy atom. The van der Waals surface area contributed by atoms with Crippen molar-refractivity contribution < 1.29 is 14.4 Å². The van der Waals surface area contributed by atoms with E-state index in [0.29, 0.717) is 28.9 Å². The lowest BCUT2D eigenvalue weighted by molar-refractivity contribution is -0.122. The topological polar surface area (TPSA) is 92.5 Å². The molecule has 1 heterocycles. The molecule has 1 fully saturated rings. The molecule has 0 aliphatic carbocycles. The van der Waals surface area contributed by atoms with Gasteiger partial charge in [-0.25, -0.2) is 0 Å². The van der Waals surface area contributed by atoms with Crippen LogP contribution in [-0.4, -0.2) is 35.1 Å². The highest BCUT2D eigenvalue weighted by atomic mass is 16.2. The summed E-state index contributed by atoms with van der Waals surface area (Å²) in [5, 5.41) is 2.92. The largest absolute Gasteiger partial charge is 0.368 e. The number of anilines is 1. The molecule has 1 aliphatic rings. The molecule has 0 saturated carbocycles. The smallest absolute Gasteiger partial charge is 0.256 e. The summed E-state index contributed by atoms with van der Waals surface area (Å²) in [6, 6.07) is 19.7. The van der Waals surface area contributed by atoms with Crippen molar-refractivity contribution in [2.75, 3.05) is 11.9 Å². The molecule has 3 aromatic rings. The zero-order valence-corrected chi connectivity index (χ0v) is 19.5. The number of hydrogen-bond donors (Lipinski definition) is 2. The maximum absolute atomic E-state index is 13.2. The van der Waals surface area contributed by atoms with Gasteiger partial charge in [-0.3, -0.25) is 19.3 Å². The van der Waals surface area contributed by atoms with Crippen molar-refractivity contribution >= 4 is 23.3 Å². The Kier molecular flexibility index (Phi) is 6.89. The number of carbonyl (C=O) groups excluding carboxylic acids is 3. The monoisotopic (exact) mass is 455 g/mol. The Bertz CT molecular complexity index is 1250. The van der Waals surface area contributed by atoms with Crippen molar-refractivity contribution in [3.05, 3.63) is 100 Å². The summed E-state index contributed by atoms with van der Waals surface area (Å²) in [6.07, 6.45) is 1.71. The van der Waals surface area contributed by atoms with Crippen molar-refractivity contribution in [2.24, 2.45) is 5.73 Å². The lowest BCUT2D eigenvalue weighted by atomic mass is 9.95. The fourth-order valence-corrected chi connectivity index (χ4v) is 4.44. The standard InChI is InChI=1S/C28H29N3O3/c1-18-12-13-21(15-19(18)2)26(32)23-9-3-4-10-24(23)28(34)30-22-8-5-7-20(16-22)17-31-14-6-11-25(31)27(29)33/h3-5,7-10,12-13,15-16,25H,6,11,14,17H2,1-2H3,(H2,29,33)(H,30,34). The minimum Gasteiger partial charge on any atom is -0.368 e. The van der Waals surface area contributed by atoms with E-state index in [4.69, 9.17) is 5.73 Å². The highest BCUT2D eigenvalue weighted by Gasteiger charge is 2.28. The second kappa shape index (κ2) is 10.0. The molecule has 1 saturated heterocycles. The van der Waals surface area contributed by atoms with Gasteiger partial charge in [0, 0.05) is 23.4 Å². The molecule has 1 atom stereocenters. The minimum atomic E-state index is -0.346. The van der Waals surface area contributed by atoms with Crippen LogP contribution in [-0.2, 0) is 11.3 Å². The summed E-state index contributed by atoms with van der Waals surface area (Å²) >= 11 is 0. The average Bonchev–Trinajstić information content (AvgIpc) is 3.29. The minimum absolute atomic E-state index is 0.186. The van der Waals surface area contributed by atoms with Gasteiger partial charge in [-0.1, -0.05) is 42.5 Å². The van der Waals surface area contributed by atoms with Crippen molar-refractivity contribution in [3.8, 4) is 0 Å². The second-order valence-electron chi connectivity index (χ2n) is 8.86. The van der Waals surface area contributed by atoms with Crippen molar-refractivity contribution in [2.45, 2.75) is 39.3 Å². The SMILES string of the molecule is Cc1ccc(C(=O)c2ccccc2C(=O)Nc2cccc(CN3CCCC3C(N)=O)c2)cc1C. The summed E-state index contributed by atoms with van der Waals surface area (Å²) in [5.74, 6) is -0.831. The third kappa shape index (κ3) is 5.07. The summed E-state index contributed by atoms with van der Waals surface area (Å²) in [7, 11) is 0. The number of benzene rings is 3. The average molecular weight is 456 g/mol. The molecule has 4 rings (SSSR count). The van der Waals surface area contributed by atoms with E-state index in [-0.39, 0.29) is 23.6 Å². The van der Waals surface area contributed by atoms with Crippen LogP contribution in [0.4, 0.5) is 5.69 Å². The molecule has 0 bridgehead atoms. The summed E-state index contributed by atoms with van der Waals surface area (Å²) < 4.78 is 0. The van der Waals surface area contributed by atoms with E-state index >= 15 is 0 Å². The van der Waals surface area contributed by atoms with E-state index in [1.807, 2.05) is 50.2 Å². The molecule has 1 unspecified atom stereocenters. The summed E-state index contributed by atoms with van der Waals surface area (Å²) in [5.41, 5.74) is 10.5. The van der Waals surface area contributed by atoms with Gasteiger partial charge in [-0.2, -0.15) is 0 Å². The first-order valence-corrected chi connectivity index (χ1v) is 11.5. The van der Waals surface area contributed by atoms with E-state index < -0.39 is 0 Å². The van der Waals surface area contributed by atoms with Gasteiger partial charge in [0.25, 0.3) is 5.91 Å². The van der Waals surface area contributed by atoms with Crippen LogP contribution in [0.5, 0.6) is 0 Å². The Hall–Kier alpha value is -3.77. The van der Waals surface area contributed by atoms with Gasteiger partial charge in [-0.05, 0) is 74.2 Å². The zero-order valence-electron chi connectivity index (χ0n) is 19.5. The first-order chi connectivity index (χ1) is 16.3. The molecule has 0 aromatic heterocycles. The Morgan fingerprint density at radius 3 is 2.44 bits per heavy atom. The molecular weight excluding hydrogens is 426 g/mol. The van der Waals surface area contributed by atoms with E-state index in [1.165, 1.54) is 0 Å². The molecule has 0 spiro atoms. The predicted molar refractivity (Wildman–Crippen MR) is 133 cm³/mol. The van der Waals surface area contributed by atoms with Gasteiger partial charge in [0.15, 0.2) is 5.78 Å². The van der Waals surface area contributed by atoms with E-state index in [0.717, 1.165) is 36.1 Å².